The molecule has 0 unspecified atom stereocenters. The highest BCUT2D eigenvalue weighted by molar-refractivity contribution is 5.85. The van der Waals surface area contributed by atoms with E-state index in [1.54, 1.807) is 0 Å². The van der Waals surface area contributed by atoms with Crippen LogP contribution in [0.4, 0.5) is 0 Å². The Morgan fingerprint density at radius 2 is 2.12 bits per heavy atom. The van der Waals surface area contributed by atoms with Gasteiger partial charge in [0.2, 0.25) is 0 Å². The Morgan fingerprint density at radius 1 is 1.44 bits per heavy atom. The second-order valence-electron chi connectivity index (χ2n) is 4.45. The fraction of sp³-hybridized carbons (Fsp3) is 0.750. The maximum Gasteiger partial charge on any atom is 0.0638 e. The van der Waals surface area contributed by atoms with Gasteiger partial charge in [0, 0.05) is 24.8 Å². The summed E-state index contributed by atoms with van der Waals surface area (Å²) in [6.45, 7) is 11.7. The lowest BCUT2D eigenvalue weighted by Crippen LogP contribution is -2.16. The summed E-state index contributed by atoms with van der Waals surface area (Å²) < 4.78 is 1.99. The molecule has 0 aliphatic carbocycles. The van der Waals surface area contributed by atoms with Crippen LogP contribution in [-0.4, -0.2) is 16.3 Å². The Labute approximate surface area is 105 Å². The minimum absolute atomic E-state index is 0. The normalized spacial score (nSPS) is 10.6. The van der Waals surface area contributed by atoms with Crippen molar-refractivity contribution in [1.82, 2.24) is 15.1 Å². The van der Waals surface area contributed by atoms with Gasteiger partial charge in [0.15, 0.2) is 0 Å². The molecule has 0 bridgehead atoms. The van der Waals surface area contributed by atoms with Crippen LogP contribution in [0.1, 0.15) is 38.4 Å². The molecule has 0 amide bonds. The smallest absolute Gasteiger partial charge is 0.0638 e. The second-order valence-corrected chi connectivity index (χ2v) is 4.45. The van der Waals surface area contributed by atoms with Crippen molar-refractivity contribution < 1.29 is 0 Å². The van der Waals surface area contributed by atoms with E-state index in [0.717, 1.165) is 31.2 Å². The summed E-state index contributed by atoms with van der Waals surface area (Å²) in [4.78, 5) is 0. The van der Waals surface area contributed by atoms with Crippen molar-refractivity contribution in [2.45, 2.75) is 47.2 Å². The minimum atomic E-state index is 0. The predicted molar refractivity (Wildman–Crippen MR) is 71.0 cm³/mol. The van der Waals surface area contributed by atoms with E-state index in [0.29, 0.717) is 0 Å². The van der Waals surface area contributed by atoms with E-state index in [4.69, 9.17) is 0 Å². The highest BCUT2D eigenvalue weighted by Crippen LogP contribution is 2.05. The molecule has 0 atom stereocenters. The van der Waals surface area contributed by atoms with Gasteiger partial charge in [-0.3, -0.25) is 4.68 Å². The number of hydrogen-bond donors (Lipinski definition) is 1. The summed E-state index contributed by atoms with van der Waals surface area (Å²) in [5.74, 6) is 0.775. The van der Waals surface area contributed by atoms with Crippen molar-refractivity contribution in [3.8, 4) is 0 Å². The average molecular weight is 246 g/mol. The summed E-state index contributed by atoms with van der Waals surface area (Å²) in [7, 11) is 0. The lowest BCUT2D eigenvalue weighted by atomic mass is 10.1. The fourth-order valence-electron chi connectivity index (χ4n) is 1.51. The lowest BCUT2D eigenvalue weighted by molar-refractivity contribution is 0.537. The quantitative estimate of drug-likeness (QED) is 0.782. The molecule has 0 aromatic carbocycles. The maximum absolute atomic E-state index is 4.42. The van der Waals surface area contributed by atoms with E-state index >= 15 is 0 Å². The number of nitrogens with zero attached hydrogens (tertiary/aromatic N) is 2. The largest absolute Gasteiger partial charge is 0.313 e. The van der Waals surface area contributed by atoms with Gasteiger partial charge in [0.1, 0.15) is 0 Å². The van der Waals surface area contributed by atoms with Gasteiger partial charge >= 0.3 is 0 Å². The van der Waals surface area contributed by atoms with Crippen molar-refractivity contribution >= 4 is 12.4 Å². The molecule has 1 aromatic rings. The van der Waals surface area contributed by atoms with E-state index in [1.807, 2.05) is 4.68 Å². The molecule has 4 heteroatoms. The molecular formula is C12H24ClN3. The number of aromatic nitrogens is 2. The number of hydrogen-bond acceptors (Lipinski definition) is 2. The van der Waals surface area contributed by atoms with Gasteiger partial charge in [-0.05, 0) is 32.7 Å². The van der Waals surface area contributed by atoms with Crippen LogP contribution < -0.4 is 5.32 Å². The number of rotatable bonds is 6. The minimum Gasteiger partial charge on any atom is -0.313 e. The maximum atomic E-state index is 4.42. The van der Waals surface area contributed by atoms with Crippen LogP contribution in [0, 0.1) is 12.8 Å². The molecule has 3 nitrogen and oxygen atoms in total. The first-order valence-electron chi connectivity index (χ1n) is 5.87. The first-order chi connectivity index (χ1) is 7.13. The van der Waals surface area contributed by atoms with Gasteiger partial charge in [-0.25, -0.2) is 0 Å². The van der Waals surface area contributed by atoms with Gasteiger partial charge in [0.25, 0.3) is 0 Å². The van der Waals surface area contributed by atoms with Gasteiger partial charge in [-0.15, -0.1) is 12.4 Å². The molecule has 0 spiro atoms. The zero-order valence-corrected chi connectivity index (χ0v) is 11.6. The fourth-order valence-corrected chi connectivity index (χ4v) is 1.51. The molecular weight excluding hydrogens is 222 g/mol. The highest BCUT2D eigenvalue weighted by Gasteiger charge is 2.03. The van der Waals surface area contributed by atoms with Crippen LogP contribution in [0.25, 0.3) is 0 Å². The Morgan fingerprint density at radius 3 is 2.62 bits per heavy atom. The first kappa shape index (κ1) is 15.5. The molecule has 1 heterocycles. The van der Waals surface area contributed by atoms with Crippen molar-refractivity contribution in [1.29, 1.82) is 0 Å². The van der Waals surface area contributed by atoms with Crippen LogP contribution in [0.2, 0.25) is 0 Å². The van der Waals surface area contributed by atoms with Crippen LogP contribution in [0.15, 0.2) is 6.20 Å². The molecule has 16 heavy (non-hydrogen) atoms. The molecule has 0 saturated heterocycles. The molecule has 0 aliphatic rings. The van der Waals surface area contributed by atoms with E-state index in [9.17, 15) is 0 Å². The Balaban J connectivity index is 0.00000225. The summed E-state index contributed by atoms with van der Waals surface area (Å²) in [6, 6.07) is 0. The van der Waals surface area contributed by atoms with Crippen molar-refractivity contribution in [2.24, 2.45) is 5.92 Å². The van der Waals surface area contributed by atoms with E-state index in [1.165, 1.54) is 12.0 Å². The Bertz CT molecular complexity index is 294. The van der Waals surface area contributed by atoms with Gasteiger partial charge in [-0.2, -0.15) is 5.10 Å². The van der Waals surface area contributed by atoms with Gasteiger partial charge in [0.05, 0.1) is 5.69 Å². The Kier molecular flexibility index (Phi) is 7.43. The zero-order chi connectivity index (χ0) is 11.3. The third-order valence-electron chi connectivity index (χ3n) is 2.59. The molecule has 0 radical (unpaired) electrons. The van der Waals surface area contributed by atoms with Gasteiger partial charge < -0.3 is 5.32 Å². The summed E-state index contributed by atoms with van der Waals surface area (Å²) in [6.07, 6.45) is 3.37. The SMILES string of the molecule is CCn1cc(CNCCC(C)C)c(C)n1.Cl. The van der Waals surface area contributed by atoms with E-state index < -0.39 is 0 Å². The summed E-state index contributed by atoms with van der Waals surface area (Å²) in [5.41, 5.74) is 2.47. The summed E-state index contributed by atoms with van der Waals surface area (Å²) >= 11 is 0. The average Bonchev–Trinajstić information content (AvgIpc) is 2.54. The lowest BCUT2D eigenvalue weighted by Gasteiger charge is -2.05. The molecule has 0 fully saturated rings. The monoisotopic (exact) mass is 245 g/mol. The van der Waals surface area contributed by atoms with E-state index in [-0.39, 0.29) is 12.4 Å². The molecule has 94 valence electrons. The second kappa shape index (κ2) is 7.69. The standard InChI is InChI=1S/C12H23N3.ClH/c1-5-15-9-12(11(4)14-15)8-13-7-6-10(2)3;/h9-10,13H,5-8H2,1-4H3;1H. The number of aryl methyl sites for hydroxylation is 2. The van der Waals surface area contributed by atoms with Crippen molar-refractivity contribution in [3.05, 3.63) is 17.5 Å². The topological polar surface area (TPSA) is 29.9 Å². The number of nitrogens with one attached hydrogen (secondary N) is 1. The zero-order valence-electron chi connectivity index (χ0n) is 10.8. The number of halogens is 1. The molecule has 0 aliphatic heterocycles. The van der Waals surface area contributed by atoms with Crippen LogP contribution >= 0.6 is 12.4 Å². The molecule has 1 N–H and O–H groups in total. The first-order valence-corrected chi connectivity index (χ1v) is 5.87. The third kappa shape index (κ3) is 4.99. The van der Waals surface area contributed by atoms with Crippen molar-refractivity contribution in [2.75, 3.05) is 6.54 Å². The third-order valence-corrected chi connectivity index (χ3v) is 2.59. The van der Waals surface area contributed by atoms with Crippen LogP contribution in [-0.2, 0) is 13.1 Å². The van der Waals surface area contributed by atoms with Crippen LogP contribution in [0.3, 0.4) is 0 Å². The van der Waals surface area contributed by atoms with Crippen LogP contribution in [0.5, 0.6) is 0 Å². The molecule has 1 rings (SSSR count). The Hall–Kier alpha value is -0.540. The van der Waals surface area contributed by atoms with Gasteiger partial charge in [-0.1, -0.05) is 13.8 Å². The molecule has 0 saturated carbocycles. The highest BCUT2D eigenvalue weighted by atomic mass is 35.5. The van der Waals surface area contributed by atoms with Crippen molar-refractivity contribution in [3.63, 3.8) is 0 Å². The molecule has 1 aromatic heterocycles. The van der Waals surface area contributed by atoms with E-state index in [2.05, 4.69) is 44.3 Å². The predicted octanol–water partition coefficient (Wildman–Crippen LogP) is 2.77. The summed E-state index contributed by atoms with van der Waals surface area (Å²) in [5, 5.41) is 7.88.